The lowest BCUT2D eigenvalue weighted by Gasteiger charge is -2.22. The van der Waals surface area contributed by atoms with Crippen LogP contribution in [-0.4, -0.2) is 12.5 Å². The molecule has 3 aromatic carbocycles. The Morgan fingerprint density at radius 1 is 0.931 bits per heavy atom. The van der Waals surface area contributed by atoms with Gasteiger partial charge in [0.05, 0.1) is 6.04 Å². The molecule has 1 aliphatic rings. The van der Waals surface area contributed by atoms with Crippen LogP contribution >= 0.6 is 0 Å². The summed E-state index contributed by atoms with van der Waals surface area (Å²) in [6.07, 6.45) is 4.73. The number of fused-ring (bicyclic) bond motifs is 1. The Balaban J connectivity index is 1.46. The fourth-order valence-electron chi connectivity index (χ4n) is 4.05. The zero-order valence-corrected chi connectivity index (χ0v) is 16.9. The number of carbonyl (C=O) groups is 1. The Morgan fingerprint density at radius 3 is 2.45 bits per heavy atom. The van der Waals surface area contributed by atoms with Crippen LogP contribution in [0, 0.1) is 6.92 Å². The highest BCUT2D eigenvalue weighted by molar-refractivity contribution is 5.78. The van der Waals surface area contributed by atoms with Crippen LogP contribution < -0.4 is 10.1 Å². The minimum Gasteiger partial charge on any atom is -0.484 e. The van der Waals surface area contributed by atoms with Crippen molar-refractivity contribution in [3.05, 3.63) is 101 Å². The molecule has 0 radical (unpaired) electrons. The molecule has 3 nitrogen and oxygen atoms in total. The predicted molar refractivity (Wildman–Crippen MR) is 116 cm³/mol. The molecule has 1 N–H and O–H groups in total. The maximum Gasteiger partial charge on any atom is 0.258 e. The molecule has 4 rings (SSSR count). The molecule has 0 spiro atoms. The van der Waals surface area contributed by atoms with Gasteiger partial charge in [-0.3, -0.25) is 4.79 Å². The molecular formula is C26H27NO2. The third kappa shape index (κ3) is 4.68. The summed E-state index contributed by atoms with van der Waals surface area (Å²) in [5.41, 5.74) is 6.08. The first-order valence-corrected chi connectivity index (χ1v) is 10.3. The van der Waals surface area contributed by atoms with Gasteiger partial charge in [0.25, 0.3) is 5.91 Å². The van der Waals surface area contributed by atoms with E-state index in [-0.39, 0.29) is 18.6 Å². The van der Waals surface area contributed by atoms with Gasteiger partial charge in [0.15, 0.2) is 6.61 Å². The van der Waals surface area contributed by atoms with Crippen molar-refractivity contribution in [3.8, 4) is 5.75 Å². The normalized spacial score (nSPS) is 14.0. The zero-order valence-electron chi connectivity index (χ0n) is 16.9. The second kappa shape index (κ2) is 8.95. The highest BCUT2D eigenvalue weighted by Gasteiger charge is 2.19. The molecule has 1 aliphatic carbocycles. The molecular weight excluding hydrogens is 358 g/mol. The molecule has 1 amide bonds. The molecule has 148 valence electrons. The number of nitrogens with one attached hydrogen (secondary N) is 1. The third-order valence-corrected chi connectivity index (χ3v) is 5.63. The maximum absolute atomic E-state index is 12.7. The smallest absolute Gasteiger partial charge is 0.258 e. The van der Waals surface area contributed by atoms with Gasteiger partial charge in [0, 0.05) is 0 Å². The molecule has 0 saturated heterocycles. The van der Waals surface area contributed by atoms with E-state index in [1.54, 1.807) is 0 Å². The standard InChI is InChI=1S/C26H27NO2/c1-19-9-5-8-14-24(19)26(21-11-3-2-4-12-21)27-25(28)18-29-23-16-15-20-10-6-7-13-22(20)17-23/h2-5,8-9,11-12,14-17,26H,6-7,10,13,18H2,1H3,(H,27,28). The molecule has 3 aromatic rings. The van der Waals surface area contributed by atoms with Crippen molar-refractivity contribution in [2.24, 2.45) is 0 Å². The first-order chi connectivity index (χ1) is 14.2. The molecule has 0 bridgehead atoms. The van der Waals surface area contributed by atoms with Crippen LogP contribution in [0.5, 0.6) is 5.75 Å². The number of hydrogen-bond acceptors (Lipinski definition) is 2. The predicted octanol–water partition coefficient (Wildman–Crippen LogP) is 5.16. The monoisotopic (exact) mass is 385 g/mol. The Morgan fingerprint density at radius 2 is 1.66 bits per heavy atom. The van der Waals surface area contributed by atoms with Crippen LogP contribution in [0.4, 0.5) is 0 Å². The van der Waals surface area contributed by atoms with Crippen molar-refractivity contribution in [3.63, 3.8) is 0 Å². The van der Waals surface area contributed by atoms with Crippen LogP contribution in [0.15, 0.2) is 72.8 Å². The molecule has 29 heavy (non-hydrogen) atoms. The summed E-state index contributed by atoms with van der Waals surface area (Å²) in [5, 5.41) is 3.16. The average Bonchev–Trinajstić information content (AvgIpc) is 2.77. The van der Waals surface area contributed by atoms with Gasteiger partial charge in [0.2, 0.25) is 0 Å². The van der Waals surface area contributed by atoms with E-state index in [4.69, 9.17) is 4.74 Å². The Bertz CT molecular complexity index is 981. The van der Waals surface area contributed by atoms with Crippen LogP contribution in [-0.2, 0) is 17.6 Å². The van der Waals surface area contributed by atoms with Gasteiger partial charge in [-0.05, 0) is 72.6 Å². The van der Waals surface area contributed by atoms with E-state index in [0.717, 1.165) is 35.3 Å². The van der Waals surface area contributed by atoms with Crippen molar-refractivity contribution in [2.45, 2.75) is 38.6 Å². The van der Waals surface area contributed by atoms with Gasteiger partial charge >= 0.3 is 0 Å². The summed E-state index contributed by atoms with van der Waals surface area (Å²) in [6.45, 7) is 2.08. The molecule has 1 atom stereocenters. The van der Waals surface area contributed by atoms with Crippen molar-refractivity contribution in [1.29, 1.82) is 0 Å². The lowest BCUT2D eigenvalue weighted by atomic mass is 9.92. The summed E-state index contributed by atoms with van der Waals surface area (Å²) < 4.78 is 5.82. The van der Waals surface area contributed by atoms with Gasteiger partial charge in [-0.25, -0.2) is 0 Å². The van der Waals surface area contributed by atoms with Gasteiger partial charge in [0.1, 0.15) is 5.75 Å². The van der Waals surface area contributed by atoms with Crippen molar-refractivity contribution < 1.29 is 9.53 Å². The van der Waals surface area contributed by atoms with E-state index in [0.29, 0.717) is 0 Å². The van der Waals surface area contributed by atoms with E-state index in [9.17, 15) is 4.79 Å². The number of hydrogen-bond donors (Lipinski definition) is 1. The van der Waals surface area contributed by atoms with Crippen LogP contribution in [0.25, 0.3) is 0 Å². The fourth-order valence-corrected chi connectivity index (χ4v) is 4.05. The van der Waals surface area contributed by atoms with E-state index in [1.165, 1.54) is 24.0 Å². The largest absolute Gasteiger partial charge is 0.484 e. The molecule has 0 aromatic heterocycles. The number of aryl methyl sites for hydroxylation is 3. The summed E-state index contributed by atoms with van der Waals surface area (Å²) >= 11 is 0. The minimum absolute atomic E-state index is 0.00794. The first kappa shape index (κ1) is 19.3. The Labute approximate surface area is 172 Å². The Kier molecular flexibility index (Phi) is 5.95. The second-order valence-electron chi connectivity index (χ2n) is 7.69. The number of carbonyl (C=O) groups excluding carboxylic acids is 1. The van der Waals surface area contributed by atoms with Gasteiger partial charge in [-0.15, -0.1) is 0 Å². The van der Waals surface area contributed by atoms with Crippen molar-refractivity contribution in [2.75, 3.05) is 6.61 Å². The molecule has 0 saturated carbocycles. The number of amides is 1. The van der Waals surface area contributed by atoms with Gasteiger partial charge in [-0.2, -0.15) is 0 Å². The molecule has 0 heterocycles. The SMILES string of the molecule is Cc1ccccc1C(NC(=O)COc1ccc2c(c1)CCCC2)c1ccccc1. The summed E-state index contributed by atoms with van der Waals surface area (Å²) in [5.74, 6) is 0.646. The molecule has 0 fully saturated rings. The molecule has 0 aliphatic heterocycles. The van der Waals surface area contributed by atoms with E-state index < -0.39 is 0 Å². The summed E-state index contributed by atoms with van der Waals surface area (Å²) in [6, 6.07) is 24.2. The zero-order chi connectivity index (χ0) is 20.1. The number of benzene rings is 3. The van der Waals surface area contributed by atoms with E-state index >= 15 is 0 Å². The quantitative estimate of drug-likeness (QED) is 0.637. The first-order valence-electron chi connectivity index (χ1n) is 10.3. The third-order valence-electron chi connectivity index (χ3n) is 5.63. The van der Waals surface area contributed by atoms with Gasteiger partial charge < -0.3 is 10.1 Å². The van der Waals surface area contributed by atoms with Gasteiger partial charge in [-0.1, -0.05) is 60.7 Å². The van der Waals surface area contributed by atoms with Crippen LogP contribution in [0.3, 0.4) is 0 Å². The fraction of sp³-hybridized carbons (Fsp3) is 0.269. The summed E-state index contributed by atoms with van der Waals surface area (Å²) in [4.78, 5) is 12.7. The molecule has 1 unspecified atom stereocenters. The molecule has 3 heteroatoms. The second-order valence-corrected chi connectivity index (χ2v) is 7.69. The lowest BCUT2D eigenvalue weighted by Crippen LogP contribution is -2.33. The Hall–Kier alpha value is -3.07. The average molecular weight is 386 g/mol. The lowest BCUT2D eigenvalue weighted by molar-refractivity contribution is -0.123. The van der Waals surface area contributed by atoms with Crippen LogP contribution in [0.1, 0.15) is 46.7 Å². The highest BCUT2D eigenvalue weighted by atomic mass is 16.5. The summed E-state index contributed by atoms with van der Waals surface area (Å²) in [7, 11) is 0. The van der Waals surface area contributed by atoms with Crippen LogP contribution in [0.2, 0.25) is 0 Å². The highest BCUT2D eigenvalue weighted by Crippen LogP contribution is 2.26. The van der Waals surface area contributed by atoms with E-state index in [1.807, 2.05) is 48.5 Å². The van der Waals surface area contributed by atoms with Crippen molar-refractivity contribution in [1.82, 2.24) is 5.32 Å². The van der Waals surface area contributed by atoms with E-state index in [2.05, 4.69) is 36.5 Å². The minimum atomic E-state index is -0.197. The van der Waals surface area contributed by atoms with Crippen molar-refractivity contribution >= 4 is 5.91 Å². The maximum atomic E-state index is 12.7. The number of rotatable bonds is 6. The number of ether oxygens (including phenoxy) is 1. The topological polar surface area (TPSA) is 38.3 Å².